The third-order valence-electron chi connectivity index (χ3n) is 4.61. The van der Waals surface area contributed by atoms with Crippen molar-refractivity contribution in [2.24, 2.45) is 10.8 Å². The van der Waals surface area contributed by atoms with E-state index in [4.69, 9.17) is 4.74 Å². The highest BCUT2D eigenvalue weighted by atomic mass is 16.5. The number of hydrogen-bond acceptors (Lipinski definition) is 3. The largest absolute Gasteiger partial charge is 0.381 e. The van der Waals surface area contributed by atoms with Crippen molar-refractivity contribution >= 4 is 11.8 Å². The Bertz CT molecular complexity index is 408. The first-order chi connectivity index (χ1) is 9.71. The van der Waals surface area contributed by atoms with E-state index in [-0.39, 0.29) is 22.6 Å². The summed E-state index contributed by atoms with van der Waals surface area (Å²) in [6, 6.07) is -0.434. The second-order valence-electron chi connectivity index (χ2n) is 7.80. The third-order valence-corrected chi connectivity index (χ3v) is 4.61. The van der Waals surface area contributed by atoms with Gasteiger partial charge in [0.05, 0.1) is 0 Å². The molecule has 0 saturated carbocycles. The summed E-state index contributed by atoms with van der Waals surface area (Å²) in [5.41, 5.74) is -0.171. The van der Waals surface area contributed by atoms with E-state index in [0.717, 1.165) is 32.6 Å². The van der Waals surface area contributed by atoms with Crippen molar-refractivity contribution in [3.8, 4) is 0 Å². The molecule has 2 fully saturated rings. The van der Waals surface area contributed by atoms with Crippen LogP contribution in [0.2, 0.25) is 0 Å². The molecule has 5 heteroatoms. The van der Waals surface area contributed by atoms with Crippen LogP contribution in [0.5, 0.6) is 0 Å². The lowest BCUT2D eigenvalue weighted by atomic mass is 9.81. The molecule has 1 atom stereocenters. The SMILES string of the molecule is CC1(CN2CCC(=O)NC(C(C)(C)C)C2=O)CCOCC1. The van der Waals surface area contributed by atoms with Gasteiger partial charge in [0.1, 0.15) is 6.04 Å². The lowest BCUT2D eigenvalue weighted by molar-refractivity contribution is -0.138. The van der Waals surface area contributed by atoms with Crippen LogP contribution in [0.25, 0.3) is 0 Å². The molecule has 2 amide bonds. The van der Waals surface area contributed by atoms with Gasteiger partial charge in [-0.1, -0.05) is 27.7 Å². The molecule has 0 radical (unpaired) electrons. The molecule has 1 N–H and O–H groups in total. The molecule has 21 heavy (non-hydrogen) atoms. The van der Waals surface area contributed by atoms with Gasteiger partial charge in [-0.25, -0.2) is 0 Å². The smallest absolute Gasteiger partial charge is 0.245 e. The van der Waals surface area contributed by atoms with Gasteiger partial charge < -0.3 is 15.0 Å². The Labute approximate surface area is 127 Å². The molecule has 5 nitrogen and oxygen atoms in total. The zero-order valence-electron chi connectivity index (χ0n) is 13.7. The monoisotopic (exact) mass is 296 g/mol. The summed E-state index contributed by atoms with van der Waals surface area (Å²) in [5.74, 6) is 0.0315. The van der Waals surface area contributed by atoms with Crippen LogP contribution in [0.15, 0.2) is 0 Å². The minimum Gasteiger partial charge on any atom is -0.381 e. The average molecular weight is 296 g/mol. The number of carbonyl (C=O) groups excluding carboxylic acids is 2. The highest BCUT2D eigenvalue weighted by Gasteiger charge is 2.40. The lowest BCUT2D eigenvalue weighted by Gasteiger charge is -2.39. The van der Waals surface area contributed by atoms with E-state index in [9.17, 15) is 9.59 Å². The standard InChI is InChI=1S/C16H28N2O3/c1-15(2,3)13-14(20)18(8-5-12(19)17-13)11-16(4)6-9-21-10-7-16/h13H,5-11H2,1-4H3,(H,17,19). The number of rotatable bonds is 2. The van der Waals surface area contributed by atoms with E-state index in [2.05, 4.69) is 12.2 Å². The Kier molecular flexibility index (Phi) is 4.61. The molecule has 1 unspecified atom stereocenters. The van der Waals surface area contributed by atoms with Gasteiger partial charge in [0.25, 0.3) is 0 Å². The number of ether oxygens (including phenoxy) is 1. The summed E-state index contributed by atoms with van der Waals surface area (Å²) in [5, 5.41) is 2.89. The number of carbonyl (C=O) groups is 2. The topological polar surface area (TPSA) is 58.6 Å². The van der Waals surface area contributed by atoms with Crippen molar-refractivity contribution in [3.63, 3.8) is 0 Å². The van der Waals surface area contributed by atoms with E-state index >= 15 is 0 Å². The van der Waals surface area contributed by atoms with Gasteiger partial charge in [-0.05, 0) is 23.7 Å². The predicted molar refractivity (Wildman–Crippen MR) is 80.7 cm³/mol. The maximum Gasteiger partial charge on any atom is 0.245 e. The first-order valence-corrected chi connectivity index (χ1v) is 7.87. The third kappa shape index (κ3) is 3.96. The van der Waals surface area contributed by atoms with Crippen molar-refractivity contribution < 1.29 is 14.3 Å². The van der Waals surface area contributed by atoms with Gasteiger partial charge in [-0.15, -0.1) is 0 Å². The Morgan fingerprint density at radius 1 is 1.29 bits per heavy atom. The number of nitrogens with zero attached hydrogens (tertiary/aromatic N) is 1. The summed E-state index contributed by atoms with van der Waals surface area (Å²) in [7, 11) is 0. The normalized spacial score (nSPS) is 27.2. The fraction of sp³-hybridized carbons (Fsp3) is 0.875. The first kappa shape index (κ1) is 16.3. The van der Waals surface area contributed by atoms with Crippen LogP contribution in [-0.4, -0.2) is 49.1 Å². The molecule has 2 saturated heterocycles. The molecule has 2 rings (SSSR count). The maximum atomic E-state index is 12.8. The zero-order chi connectivity index (χ0) is 15.7. The van der Waals surface area contributed by atoms with Gasteiger partial charge >= 0.3 is 0 Å². The first-order valence-electron chi connectivity index (χ1n) is 7.87. The van der Waals surface area contributed by atoms with Crippen LogP contribution in [-0.2, 0) is 14.3 Å². The quantitative estimate of drug-likeness (QED) is 0.841. The molecule has 2 heterocycles. The van der Waals surface area contributed by atoms with Crippen LogP contribution >= 0.6 is 0 Å². The van der Waals surface area contributed by atoms with Gasteiger partial charge in [-0.2, -0.15) is 0 Å². The fourth-order valence-electron chi connectivity index (χ4n) is 3.05. The minimum absolute atomic E-state index is 0.0251. The number of hydrogen-bond donors (Lipinski definition) is 1. The van der Waals surface area contributed by atoms with Crippen molar-refractivity contribution in [2.75, 3.05) is 26.3 Å². The molecule has 0 aromatic heterocycles. The average Bonchev–Trinajstić information content (AvgIpc) is 2.52. The van der Waals surface area contributed by atoms with Crippen molar-refractivity contribution in [1.82, 2.24) is 10.2 Å². The van der Waals surface area contributed by atoms with Crippen molar-refractivity contribution in [2.45, 2.75) is 53.0 Å². The Balaban J connectivity index is 2.14. The number of amides is 2. The zero-order valence-corrected chi connectivity index (χ0v) is 13.7. The summed E-state index contributed by atoms with van der Waals surface area (Å²) >= 11 is 0. The Hall–Kier alpha value is -1.10. The van der Waals surface area contributed by atoms with Crippen LogP contribution in [0.4, 0.5) is 0 Å². The summed E-state index contributed by atoms with van der Waals surface area (Å²) in [4.78, 5) is 26.6. The van der Waals surface area contributed by atoms with Crippen LogP contribution < -0.4 is 5.32 Å². The minimum atomic E-state index is -0.434. The number of nitrogens with one attached hydrogen (secondary N) is 1. The molecule has 0 aromatic carbocycles. The van der Waals surface area contributed by atoms with Crippen LogP contribution in [0.1, 0.15) is 47.0 Å². The molecule has 0 aliphatic carbocycles. The van der Waals surface area contributed by atoms with Gasteiger partial charge in [-0.3, -0.25) is 9.59 Å². The maximum absolute atomic E-state index is 12.8. The second-order valence-corrected chi connectivity index (χ2v) is 7.80. The summed E-state index contributed by atoms with van der Waals surface area (Å²) in [6.07, 6.45) is 2.33. The highest BCUT2D eigenvalue weighted by Crippen LogP contribution is 2.32. The van der Waals surface area contributed by atoms with E-state index in [1.54, 1.807) is 0 Å². The van der Waals surface area contributed by atoms with E-state index < -0.39 is 6.04 Å². The predicted octanol–water partition coefficient (Wildman–Crippen LogP) is 1.57. The summed E-state index contributed by atoms with van der Waals surface area (Å²) in [6.45, 7) is 11.0. The molecule has 0 bridgehead atoms. The van der Waals surface area contributed by atoms with Crippen LogP contribution in [0, 0.1) is 10.8 Å². The molecule has 120 valence electrons. The fourth-order valence-corrected chi connectivity index (χ4v) is 3.05. The Morgan fingerprint density at radius 2 is 1.90 bits per heavy atom. The van der Waals surface area contributed by atoms with Gasteiger partial charge in [0.2, 0.25) is 11.8 Å². The highest BCUT2D eigenvalue weighted by molar-refractivity contribution is 5.90. The van der Waals surface area contributed by atoms with E-state index in [0.29, 0.717) is 13.0 Å². The molecule has 2 aliphatic rings. The lowest BCUT2D eigenvalue weighted by Crippen LogP contribution is -2.53. The van der Waals surface area contributed by atoms with Gasteiger partial charge in [0.15, 0.2) is 0 Å². The molecular weight excluding hydrogens is 268 g/mol. The molecule has 0 spiro atoms. The van der Waals surface area contributed by atoms with Crippen LogP contribution in [0.3, 0.4) is 0 Å². The Morgan fingerprint density at radius 3 is 2.48 bits per heavy atom. The molecular formula is C16H28N2O3. The van der Waals surface area contributed by atoms with E-state index in [1.165, 1.54) is 0 Å². The molecule has 0 aromatic rings. The van der Waals surface area contributed by atoms with Gasteiger partial charge in [0, 0.05) is 32.7 Å². The van der Waals surface area contributed by atoms with Crippen molar-refractivity contribution in [3.05, 3.63) is 0 Å². The van der Waals surface area contributed by atoms with Crippen molar-refractivity contribution in [1.29, 1.82) is 0 Å². The molecule has 2 aliphatic heterocycles. The second kappa shape index (κ2) is 5.95. The summed E-state index contributed by atoms with van der Waals surface area (Å²) < 4.78 is 5.43. The van der Waals surface area contributed by atoms with E-state index in [1.807, 2.05) is 25.7 Å².